The van der Waals surface area contributed by atoms with E-state index in [2.05, 4.69) is 4.98 Å². The summed E-state index contributed by atoms with van der Waals surface area (Å²) in [6, 6.07) is 3.20. The second-order valence-electron chi connectivity index (χ2n) is 5.10. The molecule has 124 valence electrons. The van der Waals surface area contributed by atoms with Crippen molar-refractivity contribution in [1.82, 2.24) is 9.55 Å². The van der Waals surface area contributed by atoms with Gasteiger partial charge < -0.3 is 5.73 Å². The predicted octanol–water partition coefficient (Wildman–Crippen LogP) is 3.87. The van der Waals surface area contributed by atoms with Crippen LogP contribution in [0.5, 0.6) is 0 Å². The number of thiophene rings is 1. The average Bonchev–Trinajstić information content (AvgIpc) is 2.87. The first kappa shape index (κ1) is 17.2. The molecule has 0 aliphatic heterocycles. The van der Waals surface area contributed by atoms with E-state index in [1.165, 1.54) is 10.9 Å². The van der Waals surface area contributed by atoms with Crippen LogP contribution in [0.2, 0.25) is 15.1 Å². The number of rotatable bonds is 3. The van der Waals surface area contributed by atoms with Gasteiger partial charge in [0.15, 0.2) is 0 Å². The van der Waals surface area contributed by atoms with Gasteiger partial charge in [-0.25, -0.2) is 4.98 Å². The van der Waals surface area contributed by atoms with Crippen LogP contribution in [0.25, 0.3) is 10.2 Å². The van der Waals surface area contributed by atoms with Crippen LogP contribution in [-0.4, -0.2) is 15.5 Å². The maximum absolute atomic E-state index is 12.8. The molecule has 0 radical (unpaired) electrons. The number of carbonyl (C=O) groups excluding carboxylic acids is 1. The second kappa shape index (κ2) is 6.37. The standard InChI is InChI=1S/C15H10Cl3N3O2S/c1-6-10-14(24-12(6)13(19)22)20-5-21(15(10)23)4-7-8(16)2-3-9(17)11(7)18/h2-3,5H,4H2,1H3,(H2,19,22). The average molecular weight is 403 g/mol. The largest absolute Gasteiger partial charge is 0.365 e. The first-order chi connectivity index (χ1) is 11.3. The Balaban J connectivity index is 2.17. The van der Waals surface area contributed by atoms with Crippen molar-refractivity contribution in [2.75, 3.05) is 0 Å². The molecule has 0 saturated carbocycles. The molecular weight excluding hydrogens is 393 g/mol. The molecule has 0 bridgehead atoms. The van der Waals surface area contributed by atoms with Crippen molar-refractivity contribution in [1.29, 1.82) is 0 Å². The van der Waals surface area contributed by atoms with Gasteiger partial charge in [0, 0.05) is 10.6 Å². The van der Waals surface area contributed by atoms with Gasteiger partial charge in [-0.15, -0.1) is 11.3 Å². The minimum Gasteiger partial charge on any atom is -0.365 e. The van der Waals surface area contributed by atoms with E-state index in [1.807, 2.05) is 0 Å². The van der Waals surface area contributed by atoms with Crippen LogP contribution in [0.3, 0.4) is 0 Å². The van der Waals surface area contributed by atoms with E-state index in [9.17, 15) is 9.59 Å². The number of aryl methyl sites for hydroxylation is 1. The number of primary amides is 1. The fourth-order valence-electron chi connectivity index (χ4n) is 2.39. The zero-order chi connectivity index (χ0) is 17.6. The summed E-state index contributed by atoms with van der Waals surface area (Å²) < 4.78 is 1.37. The predicted molar refractivity (Wildman–Crippen MR) is 97.7 cm³/mol. The summed E-state index contributed by atoms with van der Waals surface area (Å²) in [6.45, 7) is 1.78. The number of benzene rings is 1. The third kappa shape index (κ3) is 2.80. The molecule has 2 N–H and O–H groups in total. The van der Waals surface area contributed by atoms with E-state index in [4.69, 9.17) is 40.5 Å². The van der Waals surface area contributed by atoms with Crippen molar-refractivity contribution in [2.45, 2.75) is 13.5 Å². The summed E-state index contributed by atoms with van der Waals surface area (Å²) in [6.07, 6.45) is 1.39. The Hall–Kier alpha value is -1.60. The highest BCUT2D eigenvalue weighted by Crippen LogP contribution is 2.32. The zero-order valence-corrected chi connectivity index (χ0v) is 15.4. The fraction of sp³-hybridized carbons (Fsp3) is 0.133. The number of halogens is 3. The molecule has 0 aliphatic carbocycles. The Morgan fingerprint density at radius 3 is 2.62 bits per heavy atom. The van der Waals surface area contributed by atoms with Crippen LogP contribution in [0.1, 0.15) is 20.8 Å². The quantitative estimate of drug-likeness (QED) is 0.675. The van der Waals surface area contributed by atoms with E-state index in [0.29, 0.717) is 36.3 Å². The molecule has 1 aromatic carbocycles. The van der Waals surface area contributed by atoms with E-state index in [1.54, 1.807) is 19.1 Å². The highest BCUT2D eigenvalue weighted by atomic mass is 35.5. The van der Waals surface area contributed by atoms with E-state index in [0.717, 1.165) is 11.3 Å². The van der Waals surface area contributed by atoms with Crippen molar-refractivity contribution >= 4 is 62.3 Å². The third-order valence-electron chi connectivity index (χ3n) is 3.61. The van der Waals surface area contributed by atoms with E-state index < -0.39 is 5.91 Å². The lowest BCUT2D eigenvalue weighted by molar-refractivity contribution is 0.100. The third-order valence-corrected chi connectivity index (χ3v) is 6.02. The molecule has 0 unspecified atom stereocenters. The van der Waals surface area contributed by atoms with Gasteiger partial charge in [-0.1, -0.05) is 34.8 Å². The van der Waals surface area contributed by atoms with Gasteiger partial charge in [0.25, 0.3) is 11.5 Å². The summed E-state index contributed by atoms with van der Waals surface area (Å²) in [5, 5.41) is 1.40. The lowest BCUT2D eigenvalue weighted by Gasteiger charge is -2.10. The number of hydrogen-bond acceptors (Lipinski definition) is 4. The van der Waals surface area contributed by atoms with Crippen molar-refractivity contribution in [2.24, 2.45) is 5.73 Å². The molecule has 1 amide bonds. The Morgan fingerprint density at radius 2 is 1.96 bits per heavy atom. The second-order valence-corrected chi connectivity index (χ2v) is 7.29. The number of hydrogen-bond donors (Lipinski definition) is 1. The molecule has 2 aromatic heterocycles. The molecule has 3 rings (SSSR count). The molecular formula is C15H10Cl3N3O2S. The van der Waals surface area contributed by atoms with Crippen LogP contribution >= 0.6 is 46.1 Å². The van der Waals surface area contributed by atoms with Crippen LogP contribution < -0.4 is 11.3 Å². The maximum atomic E-state index is 12.8. The van der Waals surface area contributed by atoms with Gasteiger partial charge in [-0.05, 0) is 24.6 Å². The van der Waals surface area contributed by atoms with Crippen molar-refractivity contribution in [3.05, 3.63) is 59.9 Å². The molecule has 0 atom stereocenters. The van der Waals surface area contributed by atoms with E-state index in [-0.39, 0.29) is 17.1 Å². The molecule has 0 spiro atoms. The minimum atomic E-state index is -0.581. The lowest BCUT2D eigenvalue weighted by Crippen LogP contribution is -2.21. The number of nitrogens with two attached hydrogens (primary N) is 1. The summed E-state index contributed by atoms with van der Waals surface area (Å²) in [5.41, 5.74) is 6.08. The molecule has 5 nitrogen and oxygen atoms in total. The molecule has 0 aliphatic rings. The first-order valence-electron chi connectivity index (χ1n) is 6.72. The highest BCUT2D eigenvalue weighted by Gasteiger charge is 2.18. The maximum Gasteiger partial charge on any atom is 0.262 e. The molecule has 2 heterocycles. The van der Waals surface area contributed by atoms with Gasteiger partial charge in [0.05, 0.1) is 33.2 Å². The molecule has 9 heteroatoms. The highest BCUT2D eigenvalue weighted by molar-refractivity contribution is 7.20. The Morgan fingerprint density at radius 1 is 1.29 bits per heavy atom. The zero-order valence-electron chi connectivity index (χ0n) is 12.3. The Bertz CT molecular complexity index is 1040. The number of aromatic nitrogens is 2. The van der Waals surface area contributed by atoms with Crippen LogP contribution in [-0.2, 0) is 6.54 Å². The lowest BCUT2D eigenvalue weighted by atomic mass is 10.2. The number of fused-ring (bicyclic) bond motifs is 1. The topological polar surface area (TPSA) is 78.0 Å². The smallest absolute Gasteiger partial charge is 0.262 e. The summed E-state index contributed by atoms with van der Waals surface area (Å²) >= 11 is 19.5. The Kier molecular flexibility index (Phi) is 4.57. The van der Waals surface area contributed by atoms with Gasteiger partial charge in [-0.2, -0.15) is 0 Å². The minimum absolute atomic E-state index is 0.112. The van der Waals surface area contributed by atoms with Gasteiger partial charge in [-0.3, -0.25) is 14.2 Å². The SMILES string of the molecule is Cc1c(C(N)=O)sc2ncn(Cc3c(Cl)ccc(Cl)c3Cl)c(=O)c12. The summed E-state index contributed by atoms with van der Waals surface area (Å²) in [4.78, 5) is 29.2. The fourth-order valence-corrected chi connectivity index (χ4v) is 4.05. The number of nitrogens with zero attached hydrogens (tertiary/aromatic N) is 2. The van der Waals surface area contributed by atoms with Crippen LogP contribution in [0.4, 0.5) is 0 Å². The number of carbonyl (C=O) groups is 1. The van der Waals surface area contributed by atoms with Gasteiger partial charge >= 0.3 is 0 Å². The van der Waals surface area contributed by atoms with Gasteiger partial charge in [0.1, 0.15) is 4.83 Å². The normalized spacial score (nSPS) is 11.2. The monoisotopic (exact) mass is 401 g/mol. The van der Waals surface area contributed by atoms with Crippen LogP contribution in [0, 0.1) is 6.92 Å². The molecule has 0 saturated heterocycles. The van der Waals surface area contributed by atoms with Gasteiger partial charge in [0.2, 0.25) is 0 Å². The molecule has 0 fully saturated rings. The van der Waals surface area contributed by atoms with Crippen molar-refractivity contribution in [3.63, 3.8) is 0 Å². The number of amides is 1. The summed E-state index contributed by atoms with van der Waals surface area (Å²) in [7, 11) is 0. The molecule has 3 aromatic rings. The Labute approximate surface area is 155 Å². The van der Waals surface area contributed by atoms with Crippen molar-refractivity contribution in [3.8, 4) is 0 Å². The van der Waals surface area contributed by atoms with Crippen molar-refractivity contribution < 1.29 is 4.79 Å². The first-order valence-corrected chi connectivity index (χ1v) is 8.67. The van der Waals surface area contributed by atoms with Crippen LogP contribution in [0.15, 0.2) is 23.3 Å². The summed E-state index contributed by atoms with van der Waals surface area (Å²) in [5.74, 6) is -0.581. The van der Waals surface area contributed by atoms with E-state index >= 15 is 0 Å². The molecule has 24 heavy (non-hydrogen) atoms.